The highest BCUT2D eigenvalue weighted by Crippen LogP contribution is 2.35. The van der Waals surface area contributed by atoms with Crippen LogP contribution in [0.1, 0.15) is 43.0 Å². The highest BCUT2D eigenvalue weighted by atomic mass is 32.2. The van der Waals surface area contributed by atoms with E-state index in [9.17, 15) is 18.3 Å². The topological polar surface area (TPSA) is 115 Å². The van der Waals surface area contributed by atoms with Crippen LogP contribution in [0.5, 0.6) is 0 Å². The molecule has 0 amide bonds. The minimum atomic E-state index is -3.73. The zero-order valence-corrected chi connectivity index (χ0v) is 22.5. The number of carbonyl (C=O) groups is 1. The van der Waals surface area contributed by atoms with E-state index in [2.05, 4.69) is 19.6 Å². The van der Waals surface area contributed by atoms with Gasteiger partial charge in [-0.25, -0.2) is 13.4 Å². The monoisotopic (exact) mass is 544 g/mol. The summed E-state index contributed by atoms with van der Waals surface area (Å²) < 4.78 is 29.5. The maximum Gasteiger partial charge on any atom is 0.307 e. The van der Waals surface area contributed by atoms with Crippen LogP contribution in [-0.2, 0) is 21.4 Å². The minimum absolute atomic E-state index is 0.106. The molecule has 1 atom stereocenters. The standard InChI is InChI=1S/C25H28N4O4S3/c1-15(2)19-8-10-34-25(19)36(32,33)28-20-7-3-5-16-11-21(27-22(16)20)23-26-12-18(35-23)14-29-9-4-6-17(13-29)24(30)31/h3,5,7-8,10-12,15,17,27-28H,4,6,9,13-14H2,1-2H3,(H,30,31). The number of thiazole rings is 1. The number of hydrogen-bond donors (Lipinski definition) is 3. The van der Waals surface area contributed by atoms with Crippen molar-refractivity contribution in [3.8, 4) is 10.7 Å². The molecule has 1 saturated heterocycles. The molecule has 8 nitrogen and oxygen atoms in total. The van der Waals surface area contributed by atoms with Crippen LogP contribution in [0.4, 0.5) is 5.69 Å². The molecule has 11 heteroatoms. The first-order chi connectivity index (χ1) is 17.2. The Hall–Kier alpha value is -2.73. The second-order valence-corrected chi connectivity index (χ2v) is 13.3. The van der Waals surface area contributed by atoms with Crippen molar-refractivity contribution in [2.45, 2.75) is 43.4 Å². The summed E-state index contributed by atoms with van der Waals surface area (Å²) in [4.78, 5) is 22.6. The molecule has 0 radical (unpaired) electrons. The Labute approximate surface area is 218 Å². The van der Waals surface area contributed by atoms with Crippen molar-refractivity contribution < 1.29 is 18.3 Å². The van der Waals surface area contributed by atoms with Gasteiger partial charge in [-0.2, -0.15) is 0 Å². The van der Waals surface area contributed by atoms with Crippen LogP contribution in [0.3, 0.4) is 0 Å². The van der Waals surface area contributed by atoms with Gasteiger partial charge in [-0.3, -0.25) is 14.4 Å². The van der Waals surface area contributed by atoms with E-state index in [1.807, 2.05) is 49.7 Å². The van der Waals surface area contributed by atoms with Crippen LogP contribution in [-0.4, -0.2) is 47.5 Å². The van der Waals surface area contributed by atoms with Gasteiger partial charge in [-0.1, -0.05) is 26.0 Å². The lowest BCUT2D eigenvalue weighted by molar-refractivity contribution is -0.143. The Bertz CT molecular complexity index is 1500. The number of likely N-dealkylation sites (tertiary alicyclic amines) is 1. The number of rotatable bonds is 8. The van der Waals surface area contributed by atoms with E-state index < -0.39 is 16.0 Å². The number of nitrogens with zero attached hydrogens (tertiary/aromatic N) is 2. The van der Waals surface area contributed by atoms with Crippen molar-refractivity contribution in [2.24, 2.45) is 5.92 Å². The first kappa shape index (κ1) is 24.9. The SMILES string of the molecule is CC(C)c1ccsc1S(=O)(=O)Nc1cccc2cc(-c3ncc(CN4CCCC(C(=O)O)C4)s3)[nH]c12. The van der Waals surface area contributed by atoms with Crippen LogP contribution in [0.2, 0.25) is 0 Å². The van der Waals surface area contributed by atoms with E-state index in [4.69, 9.17) is 0 Å². The normalized spacial score (nSPS) is 17.1. The number of anilines is 1. The molecule has 1 unspecified atom stereocenters. The predicted octanol–water partition coefficient (Wildman–Crippen LogP) is 5.57. The maximum absolute atomic E-state index is 13.2. The number of piperidine rings is 1. The lowest BCUT2D eigenvalue weighted by Crippen LogP contribution is -2.37. The van der Waals surface area contributed by atoms with Gasteiger partial charge in [0, 0.05) is 29.5 Å². The van der Waals surface area contributed by atoms with Crippen molar-refractivity contribution in [3.63, 3.8) is 0 Å². The Morgan fingerprint density at radius 3 is 2.94 bits per heavy atom. The molecule has 0 saturated carbocycles. The Kier molecular flexibility index (Phi) is 6.90. The first-order valence-electron chi connectivity index (χ1n) is 11.8. The molecule has 4 aromatic rings. The fraction of sp³-hybridized carbons (Fsp3) is 0.360. The van der Waals surface area contributed by atoms with Gasteiger partial charge in [0.25, 0.3) is 10.0 Å². The Morgan fingerprint density at radius 1 is 1.33 bits per heavy atom. The molecule has 3 N–H and O–H groups in total. The first-order valence-corrected chi connectivity index (χ1v) is 15.0. The summed E-state index contributed by atoms with van der Waals surface area (Å²) >= 11 is 2.78. The molecular formula is C25H28N4O4S3. The van der Waals surface area contributed by atoms with E-state index in [0.29, 0.717) is 28.5 Å². The zero-order valence-electron chi connectivity index (χ0n) is 20.0. The molecule has 1 aromatic carbocycles. The number of hydrogen-bond acceptors (Lipinski definition) is 7. The number of thiophene rings is 1. The van der Waals surface area contributed by atoms with Crippen LogP contribution < -0.4 is 4.72 Å². The fourth-order valence-corrected chi connectivity index (χ4v) is 8.29. The molecule has 3 aromatic heterocycles. The summed E-state index contributed by atoms with van der Waals surface area (Å²) in [5.74, 6) is -0.934. The van der Waals surface area contributed by atoms with E-state index in [1.54, 1.807) is 17.4 Å². The Morgan fingerprint density at radius 2 is 2.17 bits per heavy atom. The van der Waals surface area contributed by atoms with Crippen LogP contribution in [0.15, 0.2) is 46.1 Å². The van der Waals surface area contributed by atoms with Gasteiger partial charge in [0.1, 0.15) is 9.22 Å². The number of fused-ring (bicyclic) bond motifs is 1. The number of H-pyrrole nitrogens is 1. The molecule has 0 bridgehead atoms. The smallest absolute Gasteiger partial charge is 0.307 e. The predicted molar refractivity (Wildman–Crippen MR) is 144 cm³/mol. The minimum Gasteiger partial charge on any atom is -0.481 e. The number of para-hydroxylation sites is 1. The summed E-state index contributed by atoms with van der Waals surface area (Å²) in [5.41, 5.74) is 2.82. The van der Waals surface area contributed by atoms with Crippen molar-refractivity contribution in [2.75, 3.05) is 17.8 Å². The van der Waals surface area contributed by atoms with Crippen molar-refractivity contribution >= 4 is 55.3 Å². The largest absolute Gasteiger partial charge is 0.481 e. The molecule has 0 aliphatic carbocycles. The lowest BCUT2D eigenvalue weighted by Gasteiger charge is -2.29. The maximum atomic E-state index is 13.2. The van der Waals surface area contributed by atoms with Crippen molar-refractivity contribution in [3.05, 3.63) is 52.3 Å². The summed E-state index contributed by atoms with van der Waals surface area (Å²) in [6, 6.07) is 9.36. The van der Waals surface area contributed by atoms with Gasteiger partial charge in [0.05, 0.1) is 22.8 Å². The van der Waals surface area contributed by atoms with Gasteiger partial charge < -0.3 is 10.1 Å². The highest BCUT2D eigenvalue weighted by molar-refractivity contribution is 7.94. The molecular weight excluding hydrogens is 517 g/mol. The third-order valence-electron chi connectivity index (χ3n) is 6.44. The molecule has 0 spiro atoms. The van der Waals surface area contributed by atoms with Crippen molar-refractivity contribution in [1.82, 2.24) is 14.9 Å². The summed E-state index contributed by atoms with van der Waals surface area (Å²) in [7, 11) is -3.73. The number of nitrogens with one attached hydrogen (secondary N) is 2. The number of sulfonamides is 1. The van der Waals surface area contributed by atoms with Gasteiger partial charge >= 0.3 is 5.97 Å². The van der Waals surface area contributed by atoms with Crippen molar-refractivity contribution in [1.29, 1.82) is 0 Å². The van der Waals surface area contributed by atoms with Gasteiger partial charge in [-0.05, 0) is 54.4 Å². The highest BCUT2D eigenvalue weighted by Gasteiger charge is 2.26. The second kappa shape index (κ2) is 9.97. The lowest BCUT2D eigenvalue weighted by atomic mass is 9.98. The molecule has 1 fully saturated rings. The number of benzene rings is 1. The third kappa shape index (κ3) is 5.06. The summed E-state index contributed by atoms with van der Waals surface area (Å²) in [6.45, 7) is 6.08. The summed E-state index contributed by atoms with van der Waals surface area (Å²) in [6.07, 6.45) is 3.45. The average Bonchev–Trinajstić information content (AvgIpc) is 3.58. The van der Waals surface area contributed by atoms with E-state index in [1.165, 1.54) is 11.3 Å². The number of carboxylic acid groups (broad SMARTS) is 1. The van der Waals surface area contributed by atoms with Crippen LogP contribution in [0.25, 0.3) is 21.6 Å². The van der Waals surface area contributed by atoms with Crippen LogP contribution >= 0.6 is 22.7 Å². The second-order valence-electron chi connectivity index (χ2n) is 9.42. The zero-order chi connectivity index (χ0) is 25.4. The van der Waals surface area contributed by atoms with Gasteiger partial charge in [0.2, 0.25) is 0 Å². The van der Waals surface area contributed by atoms with Crippen LogP contribution in [0, 0.1) is 5.92 Å². The third-order valence-corrected chi connectivity index (χ3v) is 10.3. The van der Waals surface area contributed by atoms with E-state index in [0.717, 1.165) is 45.9 Å². The molecule has 190 valence electrons. The number of aromatic nitrogens is 2. The fourth-order valence-electron chi connectivity index (χ4n) is 4.63. The number of carboxylic acids is 1. The van der Waals surface area contributed by atoms with Gasteiger partial charge in [-0.15, -0.1) is 22.7 Å². The number of aromatic amines is 1. The molecule has 36 heavy (non-hydrogen) atoms. The molecule has 4 heterocycles. The number of aliphatic carboxylic acids is 1. The van der Waals surface area contributed by atoms with E-state index >= 15 is 0 Å². The Balaban J connectivity index is 1.37. The quantitative estimate of drug-likeness (QED) is 0.267. The summed E-state index contributed by atoms with van der Waals surface area (Å²) in [5, 5.41) is 12.8. The van der Waals surface area contributed by atoms with Gasteiger partial charge in [0.15, 0.2) is 0 Å². The average molecular weight is 545 g/mol. The molecule has 1 aliphatic rings. The molecule has 1 aliphatic heterocycles. The van der Waals surface area contributed by atoms with E-state index in [-0.39, 0.29) is 11.8 Å². The molecule has 5 rings (SSSR count).